The minimum absolute atomic E-state index is 0.0575. The third-order valence-electron chi connectivity index (χ3n) is 2.06. The molecule has 4 heteroatoms. The Kier molecular flexibility index (Phi) is 4.24. The minimum atomic E-state index is 0.0575. The number of hydrogen-bond donors (Lipinski definition) is 1. The average Bonchev–Trinajstić information content (AvgIpc) is 2.15. The Labute approximate surface area is 95.1 Å². The zero-order chi connectivity index (χ0) is 11.4. The first-order valence-corrected chi connectivity index (χ1v) is 5.12. The molecule has 0 aliphatic carbocycles. The smallest absolute Gasteiger partial charge is 0.164 e. The maximum Gasteiger partial charge on any atom is 0.164 e. The Morgan fingerprint density at radius 1 is 1.33 bits per heavy atom. The lowest BCUT2D eigenvalue weighted by Gasteiger charge is -2.14. The third-order valence-corrected chi connectivity index (χ3v) is 2.28. The molecule has 1 aromatic rings. The van der Waals surface area contributed by atoms with Gasteiger partial charge in [0, 0.05) is 22.7 Å². The van der Waals surface area contributed by atoms with Gasteiger partial charge in [0.05, 0.1) is 14.2 Å². The van der Waals surface area contributed by atoms with Gasteiger partial charge in [-0.15, -0.1) is 0 Å². The fourth-order valence-corrected chi connectivity index (χ4v) is 1.74. The Morgan fingerprint density at radius 2 is 2.00 bits per heavy atom. The van der Waals surface area contributed by atoms with E-state index in [-0.39, 0.29) is 6.04 Å². The van der Waals surface area contributed by atoms with Gasteiger partial charge in [-0.3, -0.25) is 0 Å². The molecule has 15 heavy (non-hydrogen) atoms. The molecule has 0 saturated heterocycles. The minimum Gasteiger partial charge on any atom is -0.493 e. The van der Waals surface area contributed by atoms with Gasteiger partial charge in [0.1, 0.15) is 0 Å². The number of ether oxygens (including phenoxy) is 2. The van der Waals surface area contributed by atoms with E-state index >= 15 is 0 Å². The van der Waals surface area contributed by atoms with Crippen LogP contribution in [0.15, 0.2) is 12.1 Å². The van der Waals surface area contributed by atoms with Crippen LogP contribution in [0.25, 0.3) is 0 Å². The molecule has 1 unspecified atom stereocenters. The van der Waals surface area contributed by atoms with Crippen molar-refractivity contribution in [2.45, 2.75) is 19.4 Å². The molecule has 0 fully saturated rings. The van der Waals surface area contributed by atoms with Gasteiger partial charge in [-0.25, -0.2) is 0 Å². The number of benzene rings is 1. The standard InChI is InChI=1S/C11H16ClNO2/c1-7(13)4-8-5-9(12)6-10(14-2)11(8)15-3/h5-7H,4,13H2,1-3H3. The van der Waals surface area contributed by atoms with Crippen molar-refractivity contribution >= 4 is 11.6 Å². The highest BCUT2D eigenvalue weighted by atomic mass is 35.5. The molecule has 0 aliphatic heterocycles. The predicted molar refractivity (Wildman–Crippen MR) is 61.9 cm³/mol. The lowest BCUT2D eigenvalue weighted by atomic mass is 10.1. The van der Waals surface area contributed by atoms with Crippen LogP contribution in [0.4, 0.5) is 0 Å². The van der Waals surface area contributed by atoms with E-state index in [1.54, 1.807) is 20.3 Å². The van der Waals surface area contributed by atoms with Crippen LogP contribution in [0.5, 0.6) is 11.5 Å². The van der Waals surface area contributed by atoms with Crippen LogP contribution in [-0.4, -0.2) is 20.3 Å². The molecule has 1 atom stereocenters. The summed E-state index contributed by atoms with van der Waals surface area (Å²) in [5, 5.41) is 0.628. The Morgan fingerprint density at radius 3 is 2.47 bits per heavy atom. The summed E-state index contributed by atoms with van der Waals surface area (Å²) in [6, 6.07) is 3.64. The van der Waals surface area contributed by atoms with Gasteiger partial charge in [0.2, 0.25) is 0 Å². The summed E-state index contributed by atoms with van der Waals surface area (Å²) in [4.78, 5) is 0. The third kappa shape index (κ3) is 3.01. The van der Waals surface area contributed by atoms with Gasteiger partial charge in [-0.2, -0.15) is 0 Å². The van der Waals surface area contributed by atoms with Gasteiger partial charge in [-0.05, 0) is 19.4 Å². The monoisotopic (exact) mass is 229 g/mol. The Bertz CT molecular complexity index is 340. The largest absolute Gasteiger partial charge is 0.493 e. The molecular formula is C11H16ClNO2. The molecule has 3 nitrogen and oxygen atoms in total. The number of nitrogens with two attached hydrogens (primary N) is 1. The van der Waals surface area contributed by atoms with E-state index in [1.807, 2.05) is 13.0 Å². The quantitative estimate of drug-likeness (QED) is 0.861. The van der Waals surface area contributed by atoms with Crippen LogP contribution in [-0.2, 0) is 6.42 Å². The second-order valence-electron chi connectivity index (χ2n) is 3.48. The van der Waals surface area contributed by atoms with Gasteiger partial charge in [0.15, 0.2) is 11.5 Å². The van der Waals surface area contributed by atoms with E-state index in [0.29, 0.717) is 22.9 Å². The fourth-order valence-electron chi connectivity index (χ4n) is 1.50. The molecule has 0 bridgehead atoms. The summed E-state index contributed by atoms with van der Waals surface area (Å²) in [6.45, 7) is 1.94. The van der Waals surface area contributed by atoms with Gasteiger partial charge in [-0.1, -0.05) is 11.6 Å². The van der Waals surface area contributed by atoms with Gasteiger partial charge < -0.3 is 15.2 Å². The van der Waals surface area contributed by atoms with Crippen LogP contribution in [0.3, 0.4) is 0 Å². The van der Waals surface area contributed by atoms with E-state index in [0.717, 1.165) is 5.56 Å². The number of hydrogen-bond acceptors (Lipinski definition) is 3. The second-order valence-corrected chi connectivity index (χ2v) is 3.92. The maximum atomic E-state index is 5.96. The summed E-state index contributed by atoms with van der Waals surface area (Å²) >= 11 is 5.96. The molecule has 0 aromatic heterocycles. The summed E-state index contributed by atoms with van der Waals surface area (Å²) < 4.78 is 10.5. The highest BCUT2D eigenvalue weighted by Gasteiger charge is 2.12. The molecule has 0 radical (unpaired) electrons. The van der Waals surface area contributed by atoms with E-state index in [9.17, 15) is 0 Å². The molecule has 0 aliphatic rings. The van der Waals surface area contributed by atoms with Crippen molar-refractivity contribution in [3.63, 3.8) is 0 Å². The topological polar surface area (TPSA) is 44.5 Å². The number of halogens is 1. The molecule has 84 valence electrons. The first-order chi connectivity index (χ1) is 7.08. The summed E-state index contributed by atoms with van der Waals surface area (Å²) in [5.74, 6) is 1.35. The van der Waals surface area contributed by atoms with Crippen molar-refractivity contribution in [2.75, 3.05) is 14.2 Å². The first-order valence-electron chi connectivity index (χ1n) is 4.74. The van der Waals surface area contributed by atoms with Crippen molar-refractivity contribution in [1.29, 1.82) is 0 Å². The van der Waals surface area contributed by atoms with Crippen molar-refractivity contribution in [3.8, 4) is 11.5 Å². The summed E-state index contributed by atoms with van der Waals surface area (Å²) in [7, 11) is 3.19. The molecule has 1 aromatic carbocycles. The molecule has 0 amide bonds. The van der Waals surface area contributed by atoms with E-state index < -0.39 is 0 Å². The van der Waals surface area contributed by atoms with Crippen LogP contribution in [0.1, 0.15) is 12.5 Å². The molecule has 0 heterocycles. The van der Waals surface area contributed by atoms with Gasteiger partial charge in [0.25, 0.3) is 0 Å². The molecule has 2 N–H and O–H groups in total. The summed E-state index contributed by atoms with van der Waals surface area (Å²) in [6.07, 6.45) is 0.708. The maximum absolute atomic E-state index is 5.96. The second kappa shape index (κ2) is 5.24. The number of methoxy groups -OCH3 is 2. The first kappa shape index (κ1) is 12.1. The molecule has 0 spiro atoms. The van der Waals surface area contributed by atoms with Crippen LogP contribution < -0.4 is 15.2 Å². The van der Waals surface area contributed by atoms with E-state index in [2.05, 4.69) is 0 Å². The van der Waals surface area contributed by atoms with Crippen molar-refractivity contribution in [2.24, 2.45) is 5.73 Å². The molecule has 1 rings (SSSR count). The fraction of sp³-hybridized carbons (Fsp3) is 0.455. The van der Waals surface area contributed by atoms with Crippen molar-refractivity contribution in [1.82, 2.24) is 0 Å². The predicted octanol–water partition coefficient (Wildman–Crippen LogP) is 2.25. The van der Waals surface area contributed by atoms with Crippen LogP contribution in [0, 0.1) is 0 Å². The van der Waals surface area contributed by atoms with E-state index in [4.69, 9.17) is 26.8 Å². The summed E-state index contributed by atoms with van der Waals surface area (Å²) in [5.41, 5.74) is 6.72. The van der Waals surface area contributed by atoms with Crippen LogP contribution in [0.2, 0.25) is 5.02 Å². The average molecular weight is 230 g/mol. The lowest BCUT2D eigenvalue weighted by Crippen LogP contribution is -2.18. The van der Waals surface area contributed by atoms with Crippen molar-refractivity contribution in [3.05, 3.63) is 22.7 Å². The normalized spacial score (nSPS) is 12.3. The highest BCUT2D eigenvalue weighted by Crippen LogP contribution is 2.34. The number of rotatable bonds is 4. The van der Waals surface area contributed by atoms with Crippen LogP contribution >= 0.6 is 11.6 Å². The van der Waals surface area contributed by atoms with Gasteiger partial charge >= 0.3 is 0 Å². The van der Waals surface area contributed by atoms with Crippen molar-refractivity contribution < 1.29 is 9.47 Å². The molecular weight excluding hydrogens is 214 g/mol. The molecule has 0 saturated carbocycles. The lowest BCUT2D eigenvalue weighted by molar-refractivity contribution is 0.351. The SMILES string of the molecule is COc1cc(Cl)cc(CC(C)N)c1OC. The Hall–Kier alpha value is -0.930. The Balaban J connectivity index is 3.16. The zero-order valence-corrected chi connectivity index (χ0v) is 9.97. The highest BCUT2D eigenvalue weighted by molar-refractivity contribution is 6.30. The van der Waals surface area contributed by atoms with E-state index in [1.165, 1.54) is 0 Å². The zero-order valence-electron chi connectivity index (χ0n) is 9.21.